The van der Waals surface area contributed by atoms with Crippen LogP contribution in [0.3, 0.4) is 0 Å². The van der Waals surface area contributed by atoms with Crippen LogP contribution in [0.5, 0.6) is 0 Å². The van der Waals surface area contributed by atoms with E-state index in [0.29, 0.717) is 0 Å². The Labute approximate surface area is 151 Å². The van der Waals surface area contributed by atoms with Crippen LogP contribution in [0.25, 0.3) is 0 Å². The van der Waals surface area contributed by atoms with E-state index in [4.69, 9.17) is 16.7 Å². The van der Waals surface area contributed by atoms with Crippen LogP contribution < -0.4 is 15.2 Å². The molecule has 0 bridgehead atoms. The van der Waals surface area contributed by atoms with Gasteiger partial charge in [0, 0.05) is 5.92 Å². The highest BCUT2D eigenvalue weighted by molar-refractivity contribution is 7.90. The highest BCUT2D eigenvalue weighted by Gasteiger charge is 2.34. The maximum Gasteiger partial charge on any atom is 0.244 e. The molecule has 25 heavy (non-hydrogen) atoms. The van der Waals surface area contributed by atoms with Crippen molar-refractivity contribution in [2.24, 2.45) is 5.14 Å². The van der Waals surface area contributed by atoms with Crippen LogP contribution in [0.1, 0.15) is 18.4 Å². The third-order valence-electron chi connectivity index (χ3n) is 4.05. The van der Waals surface area contributed by atoms with Crippen molar-refractivity contribution < 1.29 is 16.8 Å². The van der Waals surface area contributed by atoms with Gasteiger partial charge >= 0.3 is 0 Å². The van der Waals surface area contributed by atoms with E-state index in [1.165, 1.54) is 6.07 Å². The van der Waals surface area contributed by atoms with Crippen LogP contribution in [0.2, 0.25) is 5.02 Å². The number of anilines is 1. The van der Waals surface area contributed by atoms with E-state index in [0.717, 1.165) is 11.6 Å². The second-order valence-electron chi connectivity index (χ2n) is 5.77. The van der Waals surface area contributed by atoms with Crippen molar-refractivity contribution in [1.29, 1.82) is 0 Å². The van der Waals surface area contributed by atoms with E-state index < -0.39 is 31.1 Å². The summed E-state index contributed by atoms with van der Waals surface area (Å²) in [4.78, 5) is -0.646. The lowest BCUT2D eigenvalue weighted by Crippen LogP contribution is -2.47. The van der Waals surface area contributed by atoms with Gasteiger partial charge in [-0.3, -0.25) is 0 Å². The largest absolute Gasteiger partial charge is 0.367 e. The Bertz CT molecular complexity index is 1020. The maximum absolute atomic E-state index is 12.6. The Morgan fingerprint density at radius 2 is 1.84 bits per heavy atom. The van der Waals surface area contributed by atoms with Gasteiger partial charge in [-0.15, -0.1) is 0 Å². The molecule has 0 amide bonds. The average Bonchev–Trinajstić information content (AvgIpc) is 2.52. The Hall–Kier alpha value is -1.65. The van der Waals surface area contributed by atoms with Crippen LogP contribution in [-0.2, 0) is 20.0 Å². The highest BCUT2D eigenvalue weighted by atomic mass is 35.5. The average molecular weight is 402 g/mol. The van der Waals surface area contributed by atoms with Gasteiger partial charge in [0.05, 0.1) is 16.9 Å². The van der Waals surface area contributed by atoms with E-state index in [-0.39, 0.29) is 21.5 Å². The van der Waals surface area contributed by atoms with Gasteiger partial charge in [-0.25, -0.2) is 22.0 Å². The van der Waals surface area contributed by atoms with Gasteiger partial charge in [-0.1, -0.05) is 48.9 Å². The van der Waals surface area contributed by atoms with Crippen LogP contribution in [-0.4, -0.2) is 23.0 Å². The number of rotatable bonds is 3. The van der Waals surface area contributed by atoms with E-state index in [1.54, 1.807) is 0 Å². The molecule has 134 valence electrons. The summed E-state index contributed by atoms with van der Waals surface area (Å²) in [5.74, 6) is -0.180. The summed E-state index contributed by atoms with van der Waals surface area (Å²) in [6.07, 6.45) is -0.615. The number of hydrogen-bond donors (Lipinski definition) is 3. The summed E-state index contributed by atoms with van der Waals surface area (Å²) in [6, 6.07) is 11.6. The van der Waals surface area contributed by atoms with Crippen molar-refractivity contribution in [3.05, 3.63) is 53.1 Å². The Balaban J connectivity index is 2.06. The fourth-order valence-electron chi connectivity index (χ4n) is 2.69. The number of fused-ring (bicyclic) bond motifs is 1. The van der Waals surface area contributed by atoms with E-state index in [2.05, 4.69) is 10.0 Å². The van der Waals surface area contributed by atoms with Crippen molar-refractivity contribution in [3.63, 3.8) is 0 Å². The molecule has 0 saturated carbocycles. The molecular formula is C15H16ClN3O4S2. The molecule has 1 heterocycles. The number of primary sulfonamides is 1. The molecule has 3 rings (SSSR count). The zero-order valence-electron chi connectivity index (χ0n) is 13.1. The van der Waals surface area contributed by atoms with Crippen LogP contribution >= 0.6 is 11.6 Å². The third kappa shape index (κ3) is 3.51. The minimum Gasteiger partial charge on any atom is -0.367 e. The first-order chi connectivity index (χ1) is 11.6. The first kappa shape index (κ1) is 18.2. The summed E-state index contributed by atoms with van der Waals surface area (Å²) in [5, 5.41) is 8.00. The second-order valence-corrected chi connectivity index (χ2v) is 9.39. The SMILES string of the molecule is C[C@@H](c1ccccc1)[C@H]1Nc2cc(Cl)c(S(N)(=O)=O)cc2S(=O)(=O)N1. The van der Waals surface area contributed by atoms with Crippen LogP contribution in [0.4, 0.5) is 5.69 Å². The third-order valence-corrected chi connectivity index (χ3v) is 6.91. The summed E-state index contributed by atoms with van der Waals surface area (Å²) in [6.45, 7) is 1.88. The smallest absolute Gasteiger partial charge is 0.244 e. The van der Waals surface area contributed by atoms with E-state index >= 15 is 0 Å². The van der Waals surface area contributed by atoms with Gasteiger partial charge in [-0.2, -0.15) is 4.72 Å². The van der Waals surface area contributed by atoms with Gasteiger partial charge in [0.25, 0.3) is 0 Å². The fraction of sp³-hybridized carbons (Fsp3) is 0.200. The lowest BCUT2D eigenvalue weighted by molar-refractivity contribution is 0.523. The molecular weight excluding hydrogens is 386 g/mol. The van der Waals surface area contributed by atoms with Crippen molar-refractivity contribution in [1.82, 2.24) is 4.72 Å². The zero-order chi connectivity index (χ0) is 18.4. The Morgan fingerprint density at radius 3 is 2.44 bits per heavy atom. The molecule has 0 aromatic heterocycles. The molecule has 0 aliphatic carbocycles. The monoisotopic (exact) mass is 401 g/mol. The number of sulfonamides is 2. The number of hydrogen-bond acceptors (Lipinski definition) is 5. The molecule has 2 aromatic rings. The van der Waals surface area contributed by atoms with Crippen LogP contribution in [0.15, 0.2) is 52.3 Å². The van der Waals surface area contributed by atoms with Gasteiger partial charge in [0.2, 0.25) is 20.0 Å². The molecule has 0 fully saturated rings. The first-order valence-electron chi connectivity index (χ1n) is 7.30. The lowest BCUT2D eigenvalue weighted by atomic mass is 9.98. The zero-order valence-corrected chi connectivity index (χ0v) is 15.5. The molecule has 4 N–H and O–H groups in total. The topological polar surface area (TPSA) is 118 Å². The number of benzene rings is 2. The molecule has 1 aliphatic heterocycles. The summed E-state index contributed by atoms with van der Waals surface area (Å²) >= 11 is 5.97. The van der Waals surface area contributed by atoms with Gasteiger partial charge in [0.1, 0.15) is 9.79 Å². The molecule has 10 heteroatoms. The van der Waals surface area contributed by atoms with Crippen molar-refractivity contribution in [3.8, 4) is 0 Å². The minimum absolute atomic E-state index is 0.142. The number of nitrogens with two attached hydrogens (primary N) is 1. The number of nitrogens with one attached hydrogen (secondary N) is 2. The second kappa shape index (κ2) is 6.26. The lowest BCUT2D eigenvalue weighted by Gasteiger charge is -2.32. The van der Waals surface area contributed by atoms with Gasteiger partial charge in [0.15, 0.2) is 0 Å². The van der Waals surface area contributed by atoms with Gasteiger partial charge < -0.3 is 5.32 Å². The standard InChI is InChI=1S/C15H16ClN3O4S2/c1-9(10-5-3-2-4-6-10)15-18-12-7-11(16)13(24(17,20)21)8-14(12)25(22,23)19-15/h2-9,15,18-19H,1H3,(H2,17,20,21)/t9-,15-/m0/s1. The highest BCUT2D eigenvalue weighted by Crippen LogP contribution is 2.35. The predicted octanol–water partition coefficient (Wildman–Crippen LogP) is 1.82. The molecule has 0 unspecified atom stereocenters. The van der Waals surface area contributed by atoms with Gasteiger partial charge in [-0.05, 0) is 17.7 Å². The molecule has 7 nitrogen and oxygen atoms in total. The summed E-state index contributed by atoms with van der Waals surface area (Å²) in [7, 11) is -8.08. The molecule has 0 radical (unpaired) electrons. The quantitative estimate of drug-likeness (QED) is 0.724. The predicted molar refractivity (Wildman–Crippen MR) is 95.4 cm³/mol. The molecule has 2 atom stereocenters. The first-order valence-corrected chi connectivity index (χ1v) is 10.7. The molecule has 2 aromatic carbocycles. The van der Waals surface area contributed by atoms with E-state index in [1.807, 2.05) is 37.3 Å². The minimum atomic E-state index is -4.14. The fourth-order valence-corrected chi connectivity index (χ4v) is 5.27. The summed E-state index contributed by atoms with van der Waals surface area (Å²) in [5.41, 5.74) is 1.17. The summed E-state index contributed by atoms with van der Waals surface area (Å²) < 4.78 is 50.8. The maximum atomic E-state index is 12.6. The van der Waals surface area contributed by atoms with Crippen molar-refractivity contribution >= 4 is 37.3 Å². The molecule has 0 saturated heterocycles. The number of halogens is 1. The van der Waals surface area contributed by atoms with Crippen molar-refractivity contribution in [2.45, 2.75) is 28.8 Å². The molecule has 0 spiro atoms. The molecule has 1 aliphatic rings. The Kier molecular flexibility index (Phi) is 4.54. The Morgan fingerprint density at radius 1 is 1.20 bits per heavy atom. The normalized spacial score (nSPS) is 20.4. The van der Waals surface area contributed by atoms with E-state index in [9.17, 15) is 16.8 Å². The van der Waals surface area contributed by atoms with Crippen LogP contribution in [0, 0.1) is 0 Å². The van der Waals surface area contributed by atoms with Crippen molar-refractivity contribution in [2.75, 3.05) is 5.32 Å².